The largest absolute Gasteiger partial charge is 0.325 e. The molecular weight excluding hydrogens is 224 g/mol. The van der Waals surface area contributed by atoms with Crippen molar-refractivity contribution < 1.29 is 4.79 Å². The summed E-state index contributed by atoms with van der Waals surface area (Å²) in [6.45, 7) is 7.72. The van der Waals surface area contributed by atoms with Crippen LogP contribution in [0.4, 0.5) is 5.69 Å². The predicted octanol–water partition coefficient (Wildman–Crippen LogP) is 2.96. The summed E-state index contributed by atoms with van der Waals surface area (Å²) < 4.78 is 0. The third-order valence-electron chi connectivity index (χ3n) is 2.72. The lowest BCUT2D eigenvalue weighted by atomic mass is 10.1. The normalized spacial score (nSPS) is 10.7. The Kier molecular flexibility index (Phi) is 6.44. The zero-order valence-electron chi connectivity index (χ0n) is 11.6. The monoisotopic (exact) mass is 248 g/mol. The van der Waals surface area contributed by atoms with Gasteiger partial charge in [0.25, 0.3) is 0 Å². The predicted molar refractivity (Wildman–Crippen MR) is 76.8 cm³/mol. The van der Waals surface area contributed by atoms with Crippen LogP contribution in [-0.4, -0.2) is 19.0 Å². The molecule has 0 saturated carbocycles. The molecule has 0 radical (unpaired) electrons. The van der Waals surface area contributed by atoms with Gasteiger partial charge in [-0.1, -0.05) is 26.0 Å². The molecule has 0 aliphatic heterocycles. The summed E-state index contributed by atoms with van der Waals surface area (Å²) in [5.74, 6) is 0.748. The molecule has 1 rings (SSSR count). The number of carbonyl (C=O) groups is 1. The molecular formula is C15H24N2O. The van der Waals surface area contributed by atoms with Crippen LogP contribution in [-0.2, 0) is 4.79 Å². The van der Waals surface area contributed by atoms with Crippen molar-refractivity contribution in [3.63, 3.8) is 0 Å². The van der Waals surface area contributed by atoms with Gasteiger partial charge in [-0.2, -0.15) is 0 Å². The van der Waals surface area contributed by atoms with E-state index in [1.807, 2.05) is 31.2 Å². The van der Waals surface area contributed by atoms with E-state index in [9.17, 15) is 4.79 Å². The van der Waals surface area contributed by atoms with Crippen molar-refractivity contribution in [1.29, 1.82) is 0 Å². The molecule has 0 heterocycles. The molecule has 18 heavy (non-hydrogen) atoms. The third-order valence-corrected chi connectivity index (χ3v) is 2.72. The maximum absolute atomic E-state index is 11.6. The molecule has 0 aromatic heterocycles. The Balaban J connectivity index is 2.18. The molecule has 1 aromatic carbocycles. The summed E-state index contributed by atoms with van der Waals surface area (Å²) in [5.41, 5.74) is 2.02. The highest BCUT2D eigenvalue weighted by molar-refractivity contribution is 5.92. The Labute approximate surface area is 110 Å². The molecule has 0 aliphatic rings. The van der Waals surface area contributed by atoms with Gasteiger partial charge in [-0.05, 0) is 49.9 Å². The minimum absolute atomic E-state index is 0.0187. The molecule has 2 N–H and O–H groups in total. The van der Waals surface area contributed by atoms with Gasteiger partial charge in [0.2, 0.25) is 5.91 Å². The number of hydrogen-bond acceptors (Lipinski definition) is 2. The first kappa shape index (κ1) is 14.7. The molecule has 3 heteroatoms. The summed E-state index contributed by atoms with van der Waals surface area (Å²) in [4.78, 5) is 11.6. The van der Waals surface area contributed by atoms with Crippen molar-refractivity contribution >= 4 is 11.6 Å². The minimum atomic E-state index is 0.0187. The molecule has 0 saturated heterocycles. The van der Waals surface area contributed by atoms with E-state index in [-0.39, 0.29) is 5.91 Å². The summed E-state index contributed by atoms with van der Waals surface area (Å²) in [5, 5.41) is 6.04. The van der Waals surface area contributed by atoms with Gasteiger partial charge < -0.3 is 10.6 Å². The van der Waals surface area contributed by atoms with Gasteiger partial charge in [0.1, 0.15) is 0 Å². The first-order valence-electron chi connectivity index (χ1n) is 6.65. The second-order valence-electron chi connectivity index (χ2n) is 5.13. The number of nitrogens with one attached hydrogen (secondary N) is 2. The third kappa shape index (κ3) is 6.40. The van der Waals surface area contributed by atoms with Crippen LogP contribution in [0.5, 0.6) is 0 Å². The van der Waals surface area contributed by atoms with E-state index >= 15 is 0 Å². The van der Waals surface area contributed by atoms with Crippen molar-refractivity contribution in [2.75, 3.05) is 18.4 Å². The molecule has 3 nitrogen and oxygen atoms in total. The molecule has 0 aliphatic carbocycles. The Morgan fingerprint density at radius 3 is 2.78 bits per heavy atom. The molecule has 0 atom stereocenters. The van der Waals surface area contributed by atoms with Gasteiger partial charge in [0.05, 0.1) is 6.54 Å². The quantitative estimate of drug-likeness (QED) is 0.728. The summed E-state index contributed by atoms with van der Waals surface area (Å²) in [6.07, 6.45) is 2.32. The van der Waals surface area contributed by atoms with E-state index in [4.69, 9.17) is 0 Å². The lowest BCUT2D eigenvalue weighted by Crippen LogP contribution is -2.28. The highest BCUT2D eigenvalue weighted by Gasteiger charge is 2.01. The van der Waals surface area contributed by atoms with Crippen LogP contribution in [0.1, 0.15) is 32.3 Å². The Bertz CT molecular complexity index is 375. The van der Waals surface area contributed by atoms with Gasteiger partial charge in [-0.3, -0.25) is 4.79 Å². The van der Waals surface area contributed by atoms with E-state index in [1.54, 1.807) is 0 Å². The zero-order chi connectivity index (χ0) is 13.4. The molecule has 100 valence electrons. The van der Waals surface area contributed by atoms with Gasteiger partial charge in [-0.25, -0.2) is 0 Å². The van der Waals surface area contributed by atoms with Crippen molar-refractivity contribution in [2.24, 2.45) is 5.92 Å². The molecule has 1 amide bonds. The van der Waals surface area contributed by atoms with Crippen molar-refractivity contribution in [3.05, 3.63) is 29.8 Å². The Morgan fingerprint density at radius 2 is 2.11 bits per heavy atom. The molecule has 0 fully saturated rings. The molecule has 1 aromatic rings. The lowest BCUT2D eigenvalue weighted by molar-refractivity contribution is -0.115. The summed E-state index contributed by atoms with van der Waals surface area (Å²) >= 11 is 0. The first-order chi connectivity index (χ1) is 8.58. The van der Waals surface area contributed by atoms with Crippen LogP contribution in [0.25, 0.3) is 0 Å². The maximum Gasteiger partial charge on any atom is 0.238 e. The highest BCUT2D eigenvalue weighted by atomic mass is 16.1. The Morgan fingerprint density at radius 1 is 1.33 bits per heavy atom. The SMILES string of the molecule is Cc1cccc(NC(=O)CNCCCC(C)C)c1. The number of benzene rings is 1. The lowest BCUT2D eigenvalue weighted by Gasteiger charge is -2.08. The van der Waals surface area contributed by atoms with Gasteiger partial charge in [-0.15, -0.1) is 0 Å². The second kappa shape index (κ2) is 7.88. The number of carbonyl (C=O) groups excluding carboxylic acids is 1. The van der Waals surface area contributed by atoms with Crippen LogP contribution < -0.4 is 10.6 Å². The standard InChI is InChI=1S/C15H24N2O/c1-12(2)6-5-9-16-11-15(18)17-14-8-4-7-13(3)10-14/h4,7-8,10,12,16H,5-6,9,11H2,1-3H3,(H,17,18). The number of aryl methyl sites for hydroxylation is 1. The van der Waals surface area contributed by atoms with E-state index in [0.717, 1.165) is 30.1 Å². The topological polar surface area (TPSA) is 41.1 Å². The van der Waals surface area contributed by atoms with Crippen LogP contribution in [0.2, 0.25) is 0 Å². The van der Waals surface area contributed by atoms with E-state index in [1.165, 1.54) is 6.42 Å². The van der Waals surface area contributed by atoms with Crippen molar-refractivity contribution in [2.45, 2.75) is 33.6 Å². The number of anilines is 1. The smallest absolute Gasteiger partial charge is 0.238 e. The van der Waals surface area contributed by atoms with Crippen LogP contribution in [0.3, 0.4) is 0 Å². The summed E-state index contributed by atoms with van der Waals surface area (Å²) in [7, 11) is 0. The maximum atomic E-state index is 11.6. The average molecular weight is 248 g/mol. The second-order valence-corrected chi connectivity index (χ2v) is 5.13. The van der Waals surface area contributed by atoms with Crippen LogP contribution >= 0.6 is 0 Å². The molecule has 0 bridgehead atoms. The zero-order valence-corrected chi connectivity index (χ0v) is 11.6. The minimum Gasteiger partial charge on any atom is -0.325 e. The highest BCUT2D eigenvalue weighted by Crippen LogP contribution is 2.08. The van der Waals surface area contributed by atoms with E-state index < -0.39 is 0 Å². The fourth-order valence-corrected chi connectivity index (χ4v) is 1.77. The Hall–Kier alpha value is -1.35. The molecule has 0 unspecified atom stereocenters. The summed E-state index contributed by atoms with van der Waals surface area (Å²) in [6, 6.07) is 7.83. The average Bonchev–Trinajstić information content (AvgIpc) is 2.28. The number of hydrogen-bond donors (Lipinski definition) is 2. The van der Waals surface area contributed by atoms with Gasteiger partial charge in [0.15, 0.2) is 0 Å². The first-order valence-corrected chi connectivity index (χ1v) is 6.65. The van der Waals surface area contributed by atoms with Crippen LogP contribution in [0.15, 0.2) is 24.3 Å². The fourth-order valence-electron chi connectivity index (χ4n) is 1.77. The number of amides is 1. The van der Waals surface area contributed by atoms with E-state index in [2.05, 4.69) is 24.5 Å². The molecule has 0 spiro atoms. The number of rotatable bonds is 7. The van der Waals surface area contributed by atoms with Crippen LogP contribution in [0, 0.1) is 12.8 Å². The van der Waals surface area contributed by atoms with Crippen molar-refractivity contribution in [1.82, 2.24) is 5.32 Å². The van der Waals surface area contributed by atoms with Gasteiger partial charge in [0, 0.05) is 5.69 Å². The van der Waals surface area contributed by atoms with E-state index in [0.29, 0.717) is 6.54 Å². The van der Waals surface area contributed by atoms with Crippen molar-refractivity contribution in [3.8, 4) is 0 Å². The van der Waals surface area contributed by atoms with Gasteiger partial charge >= 0.3 is 0 Å². The fraction of sp³-hybridized carbons (Fsp3) is 0.533.